The van der Waals surface area contributed by atoms with Crippen LogP contribution in [0.1, 0.15) is 33.6 Å². The van der Waals surface area contributed by atoms with Crippen molar-refractivity contribution in [3.8, 4) is 0 Å². The highest BCUT2D eigenvalue weighted by atomic mass is 16.6. The smallest absolute Gasteiger partial charge is 0.410 e. The van der Waals surface area contributed by atoms with Crippen LogP contribution in [0.25, 0.3) is 0 Å². The van der Waals surface area contributed by atoms with E-state index >= 15 is 0 Å². The fraction of sp³-hybridized carbons (Fsp3) is 0.929. The van der Waals surface area contributed by atoms with Crippen molar-refractivity contribution in [3.05, 3.63) is 0 Å². The first-order valence-electron chi connectivity index (χ1n) is 7.01. The molecule has 0 bridgehead atoms. The van der Waals surface area contributed by atoms with Crippen molar-refractivity contribution in [1.29, 1.82) is 0 Å². The number of morpholine rings is 1. The summed E-state index contributed by atoms with van der Waals surface area (Å²) in [5, 5.41) is 0. The predicted molar refractivity (Wildman–Crippen MR) is 73.2 cm³/mol. The van der Waals surface area contributed by atoms with E-state index in [0.29, 0.717) is 19.7 Å². The molecule has 2 aliphatic rings. The molecule has 2 rings (SSSR count). The van der Waals surface area contributed by atoms with Gasteiger partial charge in [-0.3, -0.25) is 0 Å². The van der Waals surface area contributed by atoms with Gasteiger partial charge in [-0.1, -0.05) is 0 Å². The molecule has 1 atom stereocenters. The number of rotatable bonds is 2. The molecular formula is C14H26N2O3. The molecule has 5 nitrogen and oxygen atoms in total. The maximum absolute atomic E-state index is 12.1. The average Bonchev–Trinajstić information content (AvgIpc) is 3.08. The van der Waals surface area contributed by atoms with E-state index < -0.39 is 5.60 Å². The largest absolute Gasteiger partial charge is 0.444 e. The Hall–Kier alpha value is -0.810. The summed E-state index contributed by atoms with van der Waals surface area (Å²) in [7, 11) is 4.17. The van der Waals surface area contributed by atoms with Gasteiger partial charge < -0.3 is 19.3 Å². The molecule has 110 valence electrons. The normalized spacial score (nSPS) is 26.4. The van der Waals surface area contributed by atoms with Gasteiger partial charge in [-0.25, -0.2) is 4.79 Å². The number of likely N-dealkylation sites (N-methyl/N-ethyl adjacent to an activating group) is 1. The van der Waals surface area contributed by atoms with Gasteiger partial charge in [0.2, 0.25) is 0 Å². The fourth-order valence-electron chi connectivity index (χ4n) is 2.65. The molecule has 1 amide bonds. The molecular weight excluding hydrogens is 244 g/mol. The molecule has 1 saturated carbocycles. The van der Waals surface area contributed by atoms with Crippen LogP contribution in [0.2, 0.25) is 0 Å². The zero-order valence-electron chi connectivity index (χ0n) is 12.7. The molecule has 0 aromatic heterocycles. The van der Waals surface area contributed by atoms with E-state index in [0.717, 1.165) is 12.8 Å². The van der Waals surface area contributed by atoms with E-state index in [1.54, 1.807) is 4.90 Å². The predicted octanol–water partition coefficient (Wildman–Crippen LogP) is 1.72. The molecule has 1 unspecified atom stereocenters. The fourth-order valence-corrected chi connectivity index (χ4v) is 2.65. The zero-order chi connectivity index (χ0) is 14.3. The topological polar surface area (TPSA) is 42.0 Å². The number of hydrogen-bond acceptors (Lipinski definition) is 4. The molecule has 1 aliphatic heterocycles. The van der Waals surface area contributed by atoms with Crippen molar-refractivity contribution >= 4 is 6.09 Å². The summed E-state index contributed by atoms with van der Waals surface area (Å²) in [6.45, 7) is 7.53. The third-order valence-electron chi connectivity index (χ3n) is 3.97. The lowest BCUT2D eigenvalue weighted by molar-refractivity contribution is -0.0758. The summed E-state index contributed by atoms with van der Waals surface area (Å²) in [6.07, 6.45) is 2.17. The highest BCUT2D eigenvalue weighted by Gasteiger charge is 2.53. The molecule has 1 aliphatic carbocycles. The molecule has 1 heterocycles. The minimum Gasteiger partial charge on any atom is -0.444 e. The summed E-state index contributed by atoms with van der Waals surface area (Å²) < 4.78 is 11.3. The Bertz CT molecular complexity index is 345. The first kappa shape index (κ1) is 14.6. The number of ether oxygens (including phenoxy) is 2. The molecule has 0 radical (unpaired) electrons. The van der Waals surface area contributed by atoms with Gasteiger partial charge in [-0.05, 0) is 47.7 Å². The molecule has 19 heavy (non-hydrogen) atoms. The molecule has 0 N–H and O–H groups in total. The maximum atomic E-state index is 12.1. The van der Waals surface area contributed by atoms with Gasteiger partial charge in [0.1, 0.15) is 5.60 Å². The molecule has 1 saturated heterocycles. The third kappa shape index (κ3) is 3.20. The van der Waals surface area contributed by atoms with Crippen LogP contribution in [0.5, 0.6) is 0 Å². The lowest BCUT2D eigenvalue weighted by Crippen LogP contribution is -2.55. The van der Waals surface area contributed by atoms with Crippen molar-refractivity contribution < 1.29 is 14.3 Å². The summed E-state index contributed by atoms with van der Waals surface area (Å²) in [6, 6.07) is 0. The van der Waals surface area contributed by atoms with Crippen molar-refractivity contribution in [3.63, 3.8) is 0 Å². The van der Waals surface area contributed by atoms with Crippen LogP contribution in [0.4, 0.5) is 4.79 Å². The van der Waals surface area contributed by atoms with Crippen LogP contribution >= 0.6 is 0 Å². The molecule has 2 fully saturated rings. The van der Waals surface area contributed by atoms with Crippen LogP contribution in [0, 0.1) is 0 Å². The minimum atomic E-state index is -0.441. The standard InChI is InChI=1S/C14H26N2O3/c1-13(2,3)19-12(17)16-8-9-18-11(10-16)14(6-7-14)15(4)5/h11H,6-10H2,1-5H3. The van der Waals surface area contributed by atoms with Gasteiger partial charge in [0.25, 0.3) is 0 Å². The van der Waals surface area contributed by atoms with E-state index in [4.69, 9.17) is 9.47 Å². The first-order chi connectivity index (χ1) is 8.74. The van der Waals surface area contributed by atoms with E-state index in [2.05, 4.69) is 19.0 Å². The highest BCUT2D eigenvalue weighted by molar-refractivity contribution is 5.68. The van der Waals surface area contributed by atoms with Gasteiger partial charge in [0.05, 0.1) is 19.3 Å². The minimum absolute atomic E-state index is 0.101. The zero-order valence-corrected chi connectivity index (χ0v) is 12.7. The second-order valence-electron chi connectivity index (χ2n) is 6.78. The lowest BCUT2D eigenvalue weighted by atomic mass is 10.1. The van der Waals surface area contributed by atoms with Gasteiger partial charge in [-0.2, -0.15) is 0 Å². The SMILES string of the molecule is CN(C)C1(C2CN(C(=O)OC(C)(C)C)CCO2)CC1. The van der Waals surface area contributed by atoms with Gasteiger partial charge in [0.15, 0.2) is 0 Å². The van der Waals surface area contributed by atoms with Crippen LogP contribution in [-0.4, -0.2) is 66.9 Å². The van der Waals surface area contributed by atoms with Crippen molar-refractivity contribution in [2.45, 2.75) is 50.9 Å². The second kappa shape index (κ2) is 4.94. The number of amides is 1. The van der Waals surface area contributed by atoms with E-state index in [9.17, 15) is 4.79 Å². The van der Waals surface area contributed by atoms with Crippen molar-refractivity contribution in [2.75, 3.05) is 33.8 Å². The quantitative estimate of drug-likeness (QED) is 0.766. The lowest BCUT2D eigenvalue weighted by Gasteiger charge is -2.40. The Morgan fingerprint density at radius 3 is 2.47 bits per heavy atom. The van der Waals surface area contributed by atoms with E-state index in [-0.39, 0.29) is 17.7 Å². The van der Waals surface area contributed by atoms with Gasteiger partial charge >= 0.3 is 6.09 Å². The van der Waals surface area contributed by atoms with Gasteiger partial charge in [-0.15, -0.1) is 0 Å². The molecule has 0 aromatic rings. The van der Waals surface area contributed by atoms with Crippen LogP contribution in [-0.2, 0) is 9.47 Å². The van der Waals surface area contributed by atoms with Gasteiger partial charge in [0, 0.05) is 12.1 Å². The maximum Gasteiger partial charge on any atom is 0.410 e. The van der Waals surface area contributed by atoms with Crippen molar-refractivity contribution in [2.24, 2.45) is 0 Å². The Kier molecular flexibility index (Phi) is 3.80. The van der Waals surface area contributed by atoms with Crippen LogP contribution in [0.3, 0.4) is 0 Å². The highest BCUT2D eigenvalue weighted by Crippen LogP contribution is 2.45. The summed E-state index contributed by atoms with van der Waals surface area (Å²) >= 11 is 0. The Labute approximate surface area is 115 Å². The Morgan fingerprint density at radius 1 is 1.37 bits per heavy atom. The van der Waals surface area contributed by atoms with Crippen LogP contribution in [0.15, 0.2) is 0 Å². The summed E-state index contributed by atoms with van der Waals surface area (Å²) in [5.41, 5.74) is -0.315. The summed E-state index contributed by atoms with van der Waals surface area (Å²) in [5.74, 6) is 0. The molecule has 0 aromatic carbocycles. The Balaban J connectivity index is 1.96. The summed E-state index contributed by atoms with van der Waals surface area (Å²) in [4.78, 5) is 16.1. The first-order valence-corrected chi connectivity index (χ1v) is 7.01. The number of nitrogens with zero attached hydrogens (tertiary/aromatic N) is 2. The van der Waals surface area contributed by atoms with E-state index in [1.807, 2.05) is 20.8 Å². The van der Waals surface area contributed by atoms with E-state index in [1.165, 1.54) is 0 Å². The second-order valence-corrected chi connectivity index (χ2v) is 6.78. The number of carbonyl (C=O) groups is 1. The van der Waals surface area contributed by atoms with Crippen molar-refractivity contribution in [1.82, 2.24) is 9.80 Å². The number of hydrogen-bond donors (Lipinski definition) is 0. The third-order valence-corrected chi connectivity index (χ3v) is 3.97. The molecule has 0 spiro atoms. The van der Waals surface area contributed by atoms with Crippen LogP contribution < -0.4 is 0 Å². The molecule has 5 heteroatoms. The monoisotopic (exact) mass is 270 g/mol. The number of carbonyl (C=O) groups excluding carboxylic acids is 1. The average molecular weight is 270 g/mol. The Morgan fingerprint density at radius 2 is 2.00 bits per heavy atom.